The van der Waals surface area contributed by atoms with Gasteiger partial charge < -0.3 is 9.80 Å². The van der Waals surface area contributed by atoms with Crippen LogP contribution in [0.3, 0.4) is 0 Å². The molecule has 0 bridgehead atoms. The van der Waals surface area contributed by atoms with Crippen molar-refractivity contribution >= 4 is 44.9 Å². The van der Waals surface area contributed by atoms with Crippen molar-refractivity contribution in [3.05, 3.63) is 230 Å². The standard InChI is InChI=1S/C52H38N2/c1-4-17-44(18-5-1)53(45-19-6-2-7-20-45)47-35-31-41(32-36-47)39-27-29-40(30-28-39)42-33-37-48(38-34-42)54(46-21-8-3-9-22-46)52-26-13-12-24-51(52)50-25-14-16-43-15-10-11-23-49(43)50/h1-38H/i31D,32D,35D,36D. The lowest BCUT2D eigenvalue weighted by Gasteiger charge is -2.28. The summed E-state index contributed by atoms with van der Waals surface area (Å²) in [7, 11) is 0. The summed E-state index contributed by atoms with van der Waals surface area (Å²) in [5, 5.41) is 2.40. The Balaban J connectivity index is 1.06. The van der Waals surface area contributed by atoms with Gasteiger partial charge in [-0.3, -0.25) is 0 Å². The second-order valence-electron chi connectivity index (χ2n) is 13.1. The van der Waals surface area contributed by atoms with Gasteiger partial charge in [-0.2, -0.15) is 0 Å². The van der Waals surface area contributed by atoms with Crippen molar-refractivity contribution in [2.75, 3.05) is 9.80 Å². The average Bonchev–Trinajstić information content (AvgIpc) is 3.29. The highest BCUT2D eigenvalue weighted by Crippen LogP contribution is 2.43. The Bertz CT molecular complexity index is 2790. The largest absolute Gasteiger partial charge is 0.311 e. The smallest absolute Gasteiger partial charge is 0.0645 e. The Morgan fingerprint density at radius 2 is 0.704 bits per heavy atom. The van der Waals surface area contributed by atoms with Crippen LogP contribution in [0.2, 0.25) is 0 Å². The van der Waals surface area contributed by atoms with Gasteiger partial charge >= 0.3 is 0 Å². The van der Waals surface area contributed by atoms with E-state index in [2.05, 4.69) is 120 Å². The van der Waals surface area contributed by atoms with E-state index in [4.69, 9.17) is 5.48 Å². The second kappa shape index (κ2) is 14.8. The van der Waals surface area contributed by atoms with Crippen LogP contribution in [0.15, 0.2) is 230 Å². The van der Waals surface area contributed by atoms with Gasteiger partial charge in [0.2, 0.25) is 0 Å². The summed E-state index contributed by atoms with van der Waals surface area (Å²) in [6.07, 6.45) is 0. The minimum atomic E-state index is -0.103. The van der Waals surface area contributed by atoms with Crippen LogP contribution in [0.25, 0.3) is 44.2 Å². The third-order valence-corrected chi connectivity index (χ3v) is 9.74. The summed E-state index contributed by atoms with van der Waals surface area (Å²) in [4.78, 5) is 4.09. The fourth-order valence-corrected chi connectivity index (χ4v) is 7.12. The molecule has 0 saturated carbocycles. The van der Waals surface area contributed by atoms with Crippen molar-refractivity contribution in [1.82, 2.24) is 0 Å². The molecule has 0 N–H and O–H groups in total. The zero-order valence-electron chi connectivity index (χ0n) is 33.5. The minimum Gasteiger partial charge on any atom is -0.311 e. The molecule has 0 atom stereocenters. The van der Waals surface area contributed by atoms with Gasteiger partial charge in [0.05, 0.1) is 11.2 Å². The van der Waals surface area contributed by atoms with Crippen molar-refractivity contribution in [2.24, 2.45) is 0 Å². The molecule has 0 radical (unpaired) electrons. The van der Waals surface area contributed by atoms with Crippen LogP contribution in [0.4, 0.5) is 34.1 Å². The maximum atomic E-state index is 9.17. The first-order valence-electron chi connectivity index (χ1n) is 20.1. The highest BCUT2D eigenvalue weighted by atomic mass is 15.1. The number of nitrogens with zero attached hydrogens (tertiary/aromatic N) is 2. The highest BCUT2D eigenvalue weighted by Gasteiger charge is 2.18. The Morgan fingerprint density at radius 1 is 0.278 bits per heavy atom. The molecule has 2 heteroatoms. The van der Waals surface area contributed by atoms with E-state index in [1.807, 2.05) is 91.0 Å². The third kappa shape index (κ3) is 6.53. The van der Waals surface area contributed by atoms with Crippen LogP contribution in [-0.4, -0.2) is 0 Å². The molecule has 0 spiro atoms. The molecule has 0 unspecified atom stereocenters. The molecule has 9 aromatic carbocycles. The molecule has 54 heavy (non-hydrogen) atoms. The Morgan fingerprint density at radius 3 is 1.31 bits per heavy atom. The number of rotatable bonds is 9. The summed E-state index contributed by atoms with van der Waals surface area (Å²) < 4.78 is 36.6. The molecule has 0 fully saturated rings. The van der Waals surface area contributed by atoms with Gasteiger partial charge in [0.15, 0.2) is 0 Å². The fraction of sp³-hybridized carbons (Fsp3) is 0. The fourth-order valence-electron chi connectivity index (χ4n) is 7.12. The molecule has 0 aromatic heterocycles. The van der Waals surface area contributed by atoms with E-state index >= 15 is 0 Å². The molecule has 0 aliphatic heterocycles. The number of anilines is 6. The van der Waals surface area contributed by atoms with Gasteiger partial charge in [0.1, 0.15) is 0 Å². The van der Waals surface area contributed by atoms with Gasteiger partial charge in [-0.05, 0) is 105 Å². The van der Waals surface area contributed by atoms with Gasteiger partial charge in [0, 0.05) is 34.0 Å². The maximum Gasteiger partial charge on any atom is 0.0645 e. The van der Waals surface area contributed by atoms with Gasteiger partial charge in [-0.25, -0.2) is 0 Å². The number of benzene rings is 9. The normalized spacial score (nSPS) is 12.0. The first-order chi connectivity index (χ1) is 28.5. The van der Waals surface area contributed by atoms with E-state index in [1.165, 1.54) is 16.3 Å². The Kier molecular flexibility index (Phi) is 7.81. The number of hydrogen-bond acceptors (Lipinski definition) is 2. The summed E-state index contributed by atoms with van der Waals surface area (Å²) in [5.74, 6) is 0. The van der Waals surface area contributed by atoms with Crippen LogP contribution in [-0.2, 0) is 0 Å². The van der Waals surface area contributed by atoms with Crippen LogP contribution in [0.1, 0.15) is 5.48 Å². The number of fused-ring (bicyclic) bond motifs is 1. The monoisotopic (exact) mass is 694 g/mol. The predicted molar refractivity (Wildman–Crippen MR) is 230 cm³/mol. The minimum absolute atomic E-state index is 0.0882. The molecule has 0 aliphatic carbocycles. The van der Waals surface area contributed by atoms with Gasteiger partial charge in [-0.15, -0.1) is 0 Å². The predicted octanol–water partition coefficient (Wildman–Crippen LogP) is 14.8. The molecule has 256 valence electrons. The Labute approximate surface area is 323 Å². The maximum absolute atomic E-state index is 9.17. The van der Waals surface area contributed by atoms with Gasteiger partial charge in [0.25, 0.3) is 0 Å². The average molecular weight is 695 g/mol. The van der Waals surface area contributed by atoms with Crippen LogP contribution in [0, 0.1) is 0 Å². The lowest BCUT2D eigenvalue weighted by Crippen LogP contribution is -2.11. The molecule has 9 rings (SSSR count). The quantitative estimate of drug-likeness (QED) is 0.148. The SMILES string of the molecule is [2H]c1c([2H])c(N(c2ccccc2)c2ccccc2)c([2H])c([2H])c1-c1ccc(-c2ccc(N(c3ccccc3)c3ccccc3-c3cccc4ccccc34)cc2)cc1. The number of hydrogen-bond donors (Lipinski definition) is 0. The van der Waals surface area contributed by atoms with Crippen molar-refractivity contribution in [2.45, 2.75) is 0 Å². The lowest BCUT2D eigenvalue weighted by atomic mass is 9.96. The highest BCUT2D eigenvalue weighted by molar-refractivity contribution is 6.01. The molecular formula is C52H38N2. The van der Waals surface area contributed by atoms with E-state index in [0.717, 1.165) is 45.1 Å². The van der Waals surface area contributed by atoms with Gasteiger partial charge in [-0.1, -0.05) is 164 Å². The summed E-state index contributed by atoms with van der Waals surface area (Å²) >= 11 is 0. The van der Waals surface area contributed by atoms with E-state index in [0.29, 0.717) is 5.56 Å². The molecule has 0 saturated heterocycles. The number of para-hydroxylation sites is 4. The van der Waals surface area contributed by atoms with E-state index < -0.39 is 0 Å². The first-order valence-corrected chi connectivity index (χ1v) is 18.1. The Hall–Kier alpha value is -7.16. The topological polar surface area (TPSA) is 6.48 Å². The molecule has 0 heterocycles. The molecular weight excluding hydrogens is 653 g/mol. The van der Waals surface area contributed by atoms with E-state index in [9.17, 15) is 0 Å². The second-order valence-corrected chi connectivity index (χ2v) is 13.1. The van der Waals surface area contributed by atoms with Crippen molar-refractivity contribution in [1.29, 1.82) is 0 Å². The van der Waals surface area contributed by atoms with Crippen LogP contribution < -0.4 is 9.80 Å². The van der Waals surface area contributed by atoms with Crippen LogP contribution in [0.5, 0.6) is 0 Å². The summed E-state index contributed by atoms with van der Waals surface area (Å²) in [5.41, 5.74) is 10.0. The molecule has 2 nitrogen and oxygen atoms in total. The first kappa shape index (κ1) is 28.4. The third-order valence-electron chi connectivity index (χ3n) is 9.74. The van der Waals surface area contributed by atoms with Crippen molar-refractivity contribution in [3.8, 4) is 33.4 Å². The zero-order valence-corrected chi connectivity index (χ0v) is 29.5. The molecule has 9 aromatic rings. The summed E-state index contributed by atoms with van der Waals surface area (Å²) in [6.45, 7) is 0. The van der Waals surface area contributed by atoms with E-state index in [-0.39, 0.29) is 35.4 Å². The zero-order chi connectivity index (χ0) is 39.6. The molecule has 0 amide bonds. The lowest BCUT2D eigenvalue weighted by molar-refractivity contribution is 1.28. The van der Waals surface area contributed by atoms with Crippen molar-refractivity contribution in [3.63, 3.8) is 0 Å². The van der Waals surface area contributed by atoms with E-state index in [1.54, 1.807) is 4.90 Å². The van der Waals surface area contributed by atoms with Crippen molar-refractivity contribution < 1.29 is 5.48 Å². The molecule has 0 aliphatic rings. The van der Waals surface area contributed by atoms with Crippen LogP contribution >= 0.6 is 0 Å². The summed E-state index contributed by atoms with van der Waals surface area (Å²) in [6, 6.07) is 68.9.